The Balaban J connectivity index is 1.54. The number of aliphatic hydroxyl groups is 1. The molecule has 2 aromatic rings. The molecule has 5 heteroatoms. The van der Waals surface area contributed by atoms with Gasteiger partial charge in [0.05, 0.1) is 0 Å². The van der Waals surface area contributed by atoms with Gasteiger partial charge in [0.2, 0.25) is 0 Å². The zero-order valence-electron chi connectivity index (χ0n) is 14.2. The van der Waals surface area contributed by atoms with Crippen molar-refractivity contribution in [3.05, 3.63) is 64.7 Å². The Hall–Kier alpha value is -2.04. The maximum Gasteiger partial charge on any atom is 0.253 e. The van der Waals surface area contributed by atoms with Crippen molar-refractivity contribution in [3.63, 3.8) is 0 Å². The number of likely N-dealkylation sites (tertiary alicyclic amines) is 1. The van der Waals surface area contributed by atoms with Crippen LogP contribution in [0.2, 0.25) is 5.02 Å². The first-order valence-electron chi connectivity index (χ1n) is 8.42. The van der Waals surface area contributed by atoms with Crippen LogP contribution in [0.1, 0.15) is 28.8 Å². The van der Waals surface area contributed by atoms with Crippen molar-refractivity contribution in [2.75, 3.05) is 19.7 Å². The molecule has 25 heavy (non-hydrogen) atoms. The van der Waals surface area contributed by atoms with E-state index in [0.29, 0.717) is 36.5 Å². The first kappa shape index (κ1) is 17.8. The Bertz CT molecular complexity index is 720. The van der Waals surface area contributed by atoms with E-state index < -0.39 is 5.60 Å². The standard InChI is InChI=1S/C20H22ClNO3/c1-15-2-8-18(9-3-15)25-14-20(24)10-12-22(13-11-20)19(23)16-4-6-17(21)7-5-16/h2-9,24H,10-14H2,1H3. The van der Waals surface area contributed by atoms with E-state index in [-0.39, 0.29) is 12.5 Å². The number of piperidine rings is 1. The Morgan fingerprint density at radius 2 is 1.72 bits per heavy atom. The molecule has 1 fully saturated rings. The van der Waals surface area contributed by atoms with Crippen LogP contribution in [0.4, 0.5) is 0 Å². The van der Waals surface area contributed by atoms with Gasteiger partial charge in [-0.05, 0) is 56.2 Å². The third kappa shape index (κ3) is 4.53. The Morgan fingerprint density at radius 3 is 2.32 bits per heavy atom. The molecule has 0 aromatic heterocycles. The van der Waals surface area contributed by atoms with E-state index in [0.717, 1.165) is 5.75 Å². The normalized spacial score (nSPS) is 16.5. The van der Waals surface area contributed by atoms with Crippen molar-refractivity contribution < 1.29 is 14.6 Å². The van der Waals surface area contributed by atoms with Gasteiger partial charge in [0.1, 0.15) is 18.0 Å². The number of halogens is 1. The van der Waals surface area contributed by atoms with Crippen LogP contribution >= 0.6 is 11.6 Å². The maximum atomic E-state index is 12.5. The topological polar surface area (TPSA) is 49.8 Å². The van der Waals surface area contributed by atoms with Crippen molar-refractivity contribution in [2.45, 2.75) is 25.4 Å². The largest absolute Gasteiger partial charge is 0.491 e. The summed E-state index contributed by atoms with van der Waals surface area (Å²) in [5, 5.41) is 11.3. The number of nitrogens with zero attached hydrogens (tertiary/aromatic N) is 1. The number of amides is 1. The molecule has 1 N–H and O–H groups in total. The average molecular weight is 360 g/mol. The molecule has 0 unspecified atom stereocenters. The van der Waals surface area contributed by atoms with Gasteiger partial charge in [0, 0.05) is 23.7 Å². The summed E-state index contributed by atoms with van der Waals surface area (Å²) < 4.78 is 5.73. The molecule has 0 atom stereocenters. The summed E-state index contributed by atoms with van der Waals surface area (Å²) in [6, 6.07) is 14.6. The lowest BCUT2D eigenvalue weighted by Crippen LogP contribution is -2.49. The summed E-state index contributed by atoms with van der Waals surface area (Å²) in [6.45, 7) is 3.27. The van der Waals surface area contributed by atoms with Gasteiger partial charge in [-0.25, -0.2) is 0 Å². The third-order valence-corrected chi connectivity index (χ3v) is 4.85. The van der Waals surface area contributed by atoms with E-state index in [1.807, 2.05) is 31.2 Å². The number of rotatable bonds is 4. The molecule has 0 saturated carbocycles. The molecule has 4 nitrogen and oxygen atoms in total. The lowest BCUT2D eigenvalue weighted by atomic mass is 9.92. The van der Waals surface area contributed by atoms with E-state index in [1.54, 1.807) is 29.2 Å². The Labute approximate surface area is 153 Å². The van der Waals surface area contributed by atoms with Crippen molar-refractivity contribution in [3.8, 4) is 5.75 Å². The fourth-order valence-electron chi connectivity index (χ4n) is 2.90. The van der Waals surface area contributed by atoms with E-state index >= 15 is 0 Å². The summed E-state index contributed by atoms with van der Waals surface area (Å²) in [4.78, 5) is 14.3. The first-order chi connectivity index (χ1) is 12.0. The maximum absolute atomic E-state index is 12.5. The number of ether oxygens (including phenoxy) is 1. The molecule has 1 aliphatic rings. The monoisotopic (exact) mass is 359 g/mol. The molecular formula is C20H22ClNO3. The highest BCUT2D eigenvalue weighted by atomic mass is 35.5. The van der Waals surface area contributed by atoms with Crippen molar-refractivity contribution in [1.82, 2.24) is 4.90 Å². The molecule has 1 heterocycles. The zero-order chi connectivity index (χ0) is 17.9. The van der Waals surface area contributed by atoms with Crippen molar-refractivity contribution in [1.29, 1.82) is 0 Å². The van der Waals surface area contributed by atoms with Crippen LogP contribution in [0.25, 0.3) is 0 Å². The molecule has 1 saturated heterocycles. The summed E-state index contributed by atoms with van der Waals surface area (Å²) in [5.74, 6) is 0.719. The van der Waals surface area contributed by atoms with Crippen LogP contribution in [-0.2, 0) is 0 Å². The summed E-state index contributed by atoms with van der Waals surface area (Å²) in [6.07, 6.45) is 0.996. The molecule has 1 amide bonds. The van der Waals surface area contributed by atoms with Gasteiger partial charge in [-0.2, -0.15) is 0 Å². The van der Waals surface area contributed by atoms with Gasteiger partial charge >= 0.3 is 0 Å². The number of carbonyl (C=O) groups is 1. The predicted octanol–water partition coefficient (Wildman–Crippen LogP) is 3.69. The molecular weight excluding hydrogens is 338 g/mol. The lowest BCUT2D eigenvalue weighted by Gasteiger charge is -2.38. The molecule has 0 radical (unpaired) electrons. The fourth-order valence-corrected chi connectivity index (χ4v) is 3.02. The molecule has 1 aliphatic heterocycles. The lowest BCUT2D eigenvalue weighted by molar-refractivity contribution is -0.0475. The minimum atomic E-state index is -0.901. The highest BCUT2D eigenvalue weighted by Crippen LogP contribution is 2.25. The highest BCUT2D eigenvalue weighted by Gasteiger charge is 2.35. The molecule has 132 valence electrons. The van der Waals surface area contributed by atoms with E-state index in [4.69, 9.17) is 16.3 Å². The van der Waals surface area contributed by atoms with Crippen LogP contribution in [0.3, 0.4) is 0 Å². The quantitative estimate of drug-likeness (QED) is 0.905. The van der Waals surface area contributed by atoms with Crippen LogP contribution < -0.4 is 4.74 Å². The van der Waals surface area contributed by atoms with Gasteiger partial charge < -0.3 is 14.7 Å². The second-order valence-corrected chi connectivity index (χ2v) is 7.06. The molecule has 0 bridgehead atoms. The third-order valence-electron chi connectivity index (χ3n) is 4.60. The Morgan fingerprint density at radius 1 is 1.12 bits per heavy atom. The predicted molar refractivity (Wildman–Crippen MR) is 98.2 cm³/mol. The summed E-state index contributed by atoms with van der Waals surface area (Å²) in [7, 11) is 0. The number of hydrogen-bond acceptors (Lipinski definition) is 3. The van der Waals surface area contributed by atoms with Crippen LogP contribution in [0.5, 0.6) is 5.75 Å². The molecule has 0 spiro atoms. The zero-order valence-corrected chi connectivity index (χ0v) is 15.0. The van der Waals surface area contributed by atoms with E-state index in [1.165, 1.54) is 5.56 Å². The van der Waals surface area contributed by atoms with Gasteiger partial charge in [0.15, 0.2) is 0 Å². The number of carbonyl (C=O) groups excluding carboxylic acids is 1. The minimum Gasteiger partial charge on any atom is -0.491 e. The van der Waals surface area contributed by atoms with Crippen LogP contribution in [-0.4, -0.2) is 41.2 Å². The minimum absolute atomic E-state index is 0.0295. The van der Waals surface area contributed by atoms with Crippen molar-refractivity contribution >= 4 is 17.5 Å². The van der Waals surface area contributed by atoms with Crippen LogP contribution in [0, 0.1) is 6.92 Å². The molecule has 3 rings (SSSR count). The number of hydrogen-bond donors (Lipinski definition) is 1. The average Bonchev–Trinajstić information content (AvgIpc) is 2.62. The highest BCUT2D eigenvalue weighted by molar-refractivity contribution is 6.30. The second-order valence-electron chi connectivity index (χ2n) is 6.63. The van der Waals surface area contributed by atoms with Crippen LogP contribution in [0.15, 0.2) is 48.5 Å². The fraction of sp³-hybridized carbons (Fsp3) is 0.350. The van der Waals surface area contributed by atoms with Gasteiger partial charge in [0.25, 0.3) is 5.91 Å². The number of benzene rings is 2. The van der Waals surface area contributed by atoms with Gasteiger partial charge in [-0.15, -0.1) is 0 Å². The first-order valence-corrected chi connectivity index (χ1v) is 8.80. The number of aryl methyl sites for hydroxylation is 1. The smallest absolute Gasteiger partial charge is 0.253 e. The summed E-state index contributed by atoms with van der Waals surface area (Å²) in [5.41, 5.74) is 0.882. The second kappa shape index (κ2) is 7.46. The van der Waals surface area contributed by atoms with Gasteiger partial charge in [-0.1, -0.05) is 29.3 Å². The Kier molecular flexibility index (Phi) is 5.30. The SMILES string of the molecule is Cc1ccc(OCC2(O)CCN(C(=O)c3ccc(Cl)cc3)CC2)cc1. The summed E-state index contributed by atoms with van der Waals surface area (Å²) >= 11 is 5.86. The van der Waals surface area contributed by atoms with E-state index in [9.17, 15) is 9.90 Å². The molecule has 2 aromatic carbocycles. The van der Waals surface area contributed by atoms with E-state index in [2.05, 4.69) is 0 Å². The molecule has 0 aliphatic carbocycles. The van der Waals surface area contributed by atoms with Crippen molar-refractivity contribution in [2.24, 2.45) is 0 Å². The van der Waals surface area contributed by atoms with Gasteiger partial charge in [-0.3, -0.25) is 4.79 Å².